The van der Waals surface area contributed by atoms with Gasteiger partial charge in [-0.3, -0.25) is 9.98 Å². The summed E-state index contributed by atoms with van der Waals surface area (Å²) in [6.07, 6.45) is 26.6. The largest absolute Gasteiger partial charge is 0.280 e. The van der Waals surface area contributed by atoms with Crippen molar-refractivity contribution in [1.82, 2.24) is 0 Å². The van der Waals surface area contributed by atoms with Crippen LogP contribution in [0.2, 0.25) is 0 Å². The van der Waals surface area contributed by atoms with E-state index in [0.29, 0.717) is 0 Å². The summed E-state index contributed by atoms with van der Waals surface area (Å²) < 4.78 is 0. The lowest BCUT2D eigenvalue weighted by molar-refractivity contribution is 0.606. The summed E-state index contributed by atoms with van der Waals surface area (Å²) in [6, 6.07) is 86.7. The van der Waals surface area contributed by atoms with Gasteiger partial charge in [0.05, 0.1) is 29.1 Å². The molecule has 2 nitrogen and oxygen atoms in total. The lowest BCUT2D eigenvalue weighted by Gasteiger charge is -2.32. The molecule has 11 aromatic rings. The van der Waals surface area contributed by atoms with Crippen molar-refractivity contribution >= 4 is 65.7 Å². The minimum Gasteiger partial charge on any atom is -0.280 e. The van der Waals surface area contributed by atoms with E-state index in [4.69, 9.17) is 9.98 Å². The molecular weight excluding hydrogens is 1040 g/mol. The number of fused-ring (bicyclic) bond motifs is 8. The quantitative estimate of drug-likeness (QED) is 0.136. The summed E-state index contributed by atoms with van der Waals surface area (Å²) in [5.74, 6) is 0.379. The van der Waals surface area contributed by atoms with Crippen LogP contribution in [-0.4, -0.2) is 17.5 Å². The minimum absolute atomic E-state index is 0.00442. The molecule has 2 heterocycles. The molecule has 0 fully saturated rings. The fraction of sp³-hybridized carbons (Fsp3) is 0.0952. The van der Waals surface area contributed by atoms with Gasteiger partial charge in [0.15, 0.2) is 0 Å². The Morgan fingerprint density at radius 2 is 1.01 bits per heavy atom. The first-order valence-electron chi connectivity index (χ1n) is 30.7. The van der Waals surface area contributed by atoms with Gasteiger partial charge in [0.25, 0.3) is 0 Å². The summed E-state index contributed by atoms with van der Waals surface area (Å²) in [6.45, 7) is 0. The van der Waals surface area contributed by atoms with Crippen LogP contribution in [0, 0.1) is 11.8 Å². The molecule has 0 N–H and O–H groups in total. The second-order valence-corrected chi connectivity index (χ2v) is 23.9. The van der Waals surface area contributed by atoms with Gasteiger partial charge in [0.2, 0.25) is 0 Å². The molecule has 406 valence electrons. The monoisotopic (exact) mass is 1100 g/mol. The first kappa shape index (κ1) is 50.3. The Bertz CT molecular complexity index is 5030. The van der Waals surface area contributed by atoms with Crippen LogP contribution < -0.4 is 10.4 Å². The van der Waals surface area contributed by atoms with Crippen LogP contribution >= 0.6 is 0 Å². The Morgan fingerprint density at radius 1 is 0.419 bits per heavy atom. The molecule has 86 heavy (non-hydrogen) atoms. The summed E-state index contributed by atoms with van der Waals surface area (Å²) in [4.78, 5) is 11.4. The average Bonchev–Trinajstić information content (AvgIpc) is 1.42. The lowest BCUT2D eigenvalue weighted by atomic mass is 9.72. The van der Waals surface area contributed by atoms with Gasteiger partial charge in [-0.25, -0.2) is 0 Å². The lowest BCUT2D eigenvalue weighted by Crippen LogP contribution is -2.38. The number of aliphatic imine (C=N–C) groups is 2. The molecule has 6 aliphatic rings. The van der Waals surface area contributed by atoms with Crippen molar-refractivity contribution in [2.45, 2.75) is 37.6 Å². The molecule has 4 unspecified atom stereocenters. The molecule has 0 bridgehead atoms. The van der Waals surface area contributed by atoms with E-state index in [1.165, 1.54) is 137 Å². The van der Waals surface area contributed by atoms with Crippen LogP contribution in [0.5, 0.6) is 0 Å². The number of hydrogen-bond donors (Lipinski definition) is 0. The van der Waals surface area contributed by atoms with E-state index in [0.717, 1.165) is 42.7 Å². The molecule has 4 aliphatic carbocycles. The summed E-state index contributed by atoms with van der Waals surface area (Å²) in [5.41, 5.74) is 22.4. The van der Waals surface area contributed by atoms with Crippen LogP contribution in [0.3, 0.4) is 0 Å². The summed E-state index contributed by atoms with van der Waals surface area (Å²) in [7, 11) is 0. The molecule has 0 saturated carbocycles. The number of allylic oxidation sites excluding steroid dienone is 11. The zero-order valence-electron chi connectivity index (χ0n) is 47.7. The van der Waals surface area contributed by atoms with Crippen LogP contribution in [-0.2, 0) is 0 Å². The van der Waals surface area contributed by atoms with Crippen molar-refractivity contribution in [2.75, 3.05) is 0 Å². The number of rotatable bonds is 8. The number of hydrogen-bond acceptors (Lipinski definition) is 2. The highest BCUT2D eigenvalue weighted by molar-refractivity contribution is 6.25. The normalized spacial score (nSPS) is 19.4. The maximum Gasteiger partial charge on any atom is 0.0828 e. The minimum atomic E-state index is -0.00442. The third-order valence-electron chi connectivity index (χ3n) is 19.2. The summed E-state index contributed by atoms with van der Waals surface area (Å²) >= 11 is 0. The second-order valence-electron chi connectivity index (χ2n) is 23.9. The molecule has 0 saturated heterocycles. The van der Waals surface area contributed by atoms with Crippen molar-refractivity contribution in [3.8, 4) is 33.4 Å². The fourth-order valence-corrected chi connectivity index (χ4v) is 15.3. The van der Waals surface area contributed by atoms with Crippen molar-refractivity contribution in [2.24, 2.45) is 21.8 Å². The topological polar surface area (TPSA) is 24.7 Å². The van der Waals surface area contributed by atoms with Crippen LogP contribution in [0.25, 0.3) is 87.6 Å². The molecule has 4 atom stereocenters. The van der Waals surface area contributed by atoms with E-state index in [-0.39, 0.29) is 23.8 Å². The molecule has 0 spiro atoms. The van der Waals surface area contributed by atoms with E-state index >= 15 is 0 Å². The highest BCUT2D eigenvalue weighted by Crippen LogP contribution is 2.50. The van der Waals surface area contributed by atoms with Gasteiger partial charge < -0.3 is 0 Å². The highest BCUT2D eigenvalue weighted by Gasteiger charge is 2.47. The van der Waals surface area contributed by atoms with Crippen molar-refractivity contribution in [3.05, 3.63) is 346 Å². The van der Waals surface area contributed by atoms with E-state index in [1.807, 2.05) is 0 Å². The molecule has 0 aromatic heterocycles. The third kappa shape index (κ3) is 8.38. The number of nitrogens with zero attached hydrogens (tertiary/aromatic N) is 2. The average molecular weight is 1100 g/mol. The Balaban J connectivity index is 0.772. The molecule has 17 rings (SSSR count). The fourth-order valence-electron chi connectivity index (χ4n) is 15.3. The van der Waals surface area contributed by atoms with Gasteiger partial charge in [0, 0.05) is 11.8 Å². The van der Waals surface area contributed by atoms with E-state index in [2.05, 4.69) is 291 Å². The number of benzene rings is 11. The zero-order chi connectivity index (χ0) is 56.7. The first-order valence-corrected chi connectivity index (χ1v) is 30.7. The molecule has 2 aliphatic heterocycles. The SMILES string of the molecule is C1=CCC=C(C2N=C3C4=C(C=CCC4)N=C(c4ccc(-c5c6ccccc6c(-c6ccc(-c7ccc8c(c7)=C(c7ccc9ccccc9c7)C7=CC=CCC7C=8c7ccc8ccccc8c7)cc6)c6ccccc56)cc4)C3C2c2ccccc2)C=C1. The summed E-state index contributed by atoms with van der Waals surface area (Å²) in [5, 5.41) is 12.6. The van der Waals surface area contributed by atoms with Crippen LogP contribution in [0.15, 0.2) is 324 Å². The molecule has 0 radical (unpaired) electrons. The zero-order valence-corrected chi connectivity index (χ0v) is 47.7. The Hall–Kier alpha value is -10.3. The van der Waals surface area contributed by atoms with Gasteiger partial charge in [-0.1, -0.05) is 267 Å². The van der Waals surface area contributed by atoms with Crippen LogP contribution in [0.4, 0.5) is 0 Å². The Morgan fingerprint density at radius 3 is 1.71 bits per heavy atom. The molecule has 11 aromatic carbocycles. The maximum absolute atomic E-state index is 5.74. The smallest absolute Gasteiger partial charge is 0.0828 e. The van der Waals surface area contributed by atoms with Crippen molar-refractivity contribution in [1.29, 1.82) is 0 Å². The predicted octanol–water partition coefficient (Wildman–Crippen LogP) is 19.3. The molecular formula is C84H60N2. The van der Waals surface area contributed by atoms with E-state index in [9.17, 15) is 0 Å². The van der Waals surface area contributed by atoms with Crippen molar-refractivity contribution < 1.29 is 0 Å². The molecule has 2 heteroatoms. The highest BCUT2D eigenvalue weighted by atomic mass is 14.9. The van der Waals surface area contributed by atoms with Gasteiger partial charge >= 0.3 is 0 Å². The van der Waals surface area contributed by atoms with Gasteiger partial charge in [-0.15, -0.1) is 0 Å². The van der Waals surface area contributed by atoms with Gasteiger partial charge in [-0.2, -0.15) is 0 Å². The van der Waals surface area contributed by atoms with Gasteiger partial charge in [0.1, 0.15) is 0 Å². The Labute approximate surface area is 502 Å². The predicted molar refractivity (Wildman–Crippen MR) is 362 cm³/mol. The standard InChI is InChI=1S/C84H60N2/c1-2-5-25-59(24-4-1)82-80(56-22-6-3-7-23-56)81-83(85-75-35-19-18-34-73(75)84(81)86-82)60-44-42-58(43-45-60)77-68-30-14-12-28-66(68)76(67-29-13-15-31-69(67)77)57-40-36-55(37-41-57)63-48-49-72-74(52-63)79(65-47-39-54-21-9-11-27-62(54)51-65)71-33-17-16-32-70(71)78(72)64-46-38-53-20-8-10-26-61(53)50-64/h1-4,6-17,19-31,33,35-52,70,80-82H,5,18,32,34H2. The van der Waals surface area contributed by atoms with Crippen molar-refractivity contribution in [3.63, 3.8) is 0 Å². The second kappa shape index (κ2) is 20.8. The first-order chi connectivity index (χ1) is 42.7. The Kier molecular flexibility index (Phi) is 12.2. The third-order valence-corrected chi connectivity index (χ3v) is 19.2. The van der Waals surface area contributed by atoms with Gasteiger partial charge in [-0.05, 0) is 187 Å². The van der Waals surface area contributed by atoms with E-state index in [1.54, 1.807) is 0 Å². The van der Waals surface area contributed by atoms with E-state index < -0.39 is 0 Å². The molecule has 0 amide bonds. The van der Waals surface area contributed by atoms with Crippen LogP contribution in [0.1, 0.15) is 53.9 Å². The maximum atomic E-state index is 5.74.